The minimum atomic E-state index is -1.06. The average molecular weight is 483 g/mol. The number of likely N-dealkylation sites (tertiary alicyclic amines) is 1. The summed E-state index contributed by atoms with van der Waals surface area (Å²) in [5, 5.41) is 9.43. The number of rotatable bonds is 9. The Morgan fingerprint density at radius 3 is 2.49 bits per heavy atom. The normalized spacial score (nSPS) is 19.8. The molecule has 1 aliphatic heterocycles. The Morgan fingerprint density at radius 2 is 1.83 bits per heavy atom. The van der Waals surface area contributed by atoms with E-state index >= 15 is 4.39 Å². The number of aromatic nitrogens is 1. The molecule has 3 fully saturated rings. The summed E-state index contributed by atoms with van der Waals surface area (Å²) in [5.74, 6) is 0.136. The molecule has 35 heavy (non-hydrogen) atoms. The zero-order chi connectivity index (χ0) is 24.7. The maximum Gasteiger partial charge on any atom is 0.326 e. The van der Waals surface area contributed by atoms with Gasteiger partial charge in [0.25, 0.3) is 5.91 Å². The summed E-state index contributed by atoms with van der Waals surface area (Å²) in [4.78, 5) is 30.4. The molecule has 1 atom stereocenters. The van der Waals surface area contributed by atoms with Crippen LogP contribution in [0.5, 0.6) is 17.4 Å². The van der Waals surface area contributed by atoms with Gasteiger partial charge >= 0.3 is 5.97 Å². The first-order valence-electron chi connectivity index (χ1n) is 12.5. The van der Waals surface area contributed by atoms with E-state index in [1.54, 1.807) is 12.3 Å². The zero-order valence-corrected chi connectivity index (χ0v) is 20.1. The van der Waals surface area contributed by atoms with Gasteiger partial charge in [-0.2, -0.15) is 0 Å². The zero-order valence-electron chi connectivity index (χ0n) is 20.1. The molecule has 2 aromatic rings. The largest absolute Gasteiger partial charge is 0.480 e. The Hall–Kier alpha value is -3.16. The van der Waals surface area contributed by atoms with E-state index in [1.807, 2.05) is 6.07 Å². The third-order valence-electron chi connectivity index (χ3n) is 6.80. The Morgan fingerprint density at radius 1 is 1.11 bits per heavy atom. The Labute approximate surface area is 204 Å². The number of carboxylic acids is 1. The van der Waals surface area contributed by atoms with Crippen molar-refractivity contribution in [1.82, 2.24) is 9.88 Å². The highest BCUT2D eigenvalue weighted by atomic mass is 19.1. The van der Waals surface area contributed by atoms with E-state index in [0.29, 0.717) is 55.2 Å². The van der Waals surface area contributed by atoms with Crippen molar-refractivity contribution in [3.05, 3.63) is 46.9 Å². The summed E-state index contributed by atoms with van der Waals surface area (Å²) in [5.41, 5.74) is 1.69. The molecule has 1 aromatic heterocycles. The molecule has 186 valence electrons. The van der Waals surface area contributed by atoms with Crippen LogP contribution in [0.4, 0.5) is 4.39 Å². The standard InChI is InChI=1S/C27H31FN2O5/c1-15(2)14-34-25-20(17-7-8-17)10-18(13-29-25)35-24-12-22(28)21(11-19(24)16-5-6-16)26(31)30-9-3-4-23(30)27(32)33/h10-13,15-17,23H,3-9,14H2,1-2H3,(H,32,33). The number of ether oxygens (including phenoxy) is 2. The summed E-state index contributed by atoms with van der Waals surface area (Å²) in [7, 11) is 0. The van der Waals surface area contributed by atoms with Gasteiger partial charge in [0.15, 0.2) is 0 Å². The molecular formula is C27H31FN2O5. The van der Waals surface area contributed by atoms with Crippen molar-refractivity contribution in [2.75, 3.05) is 13.2 Å². The van der Waals surface area contributed by atoms with Crippen LogP contribution in [0.1, 0.15) is 85.7 Å². The second-order valence-corrected chi connectivity index (χ2v) is 10.3. The highest BCUT2D eigenvalue weighted by molar-refractivity contribution is 5.97. The van der Waals surface area contributed by atoms with Gasteiger partial charge < -0.3 is 19.5 Å². The van der Waals surface area contributed by atoms with Crippen molar-refractivity contribution in [2.45, 2.75) is 70.3 Å². The molecule has 2 heterocycles. The van der Waals surface area contributed by atoms with Crippen LogP contribution in [0.2, 0.25) is 0 Å². The molecule has 1 aromatic carbocycles. The number of hydrogen-bond donors (Lipinski definition) is 1. The van der Waals surface area contributed by atoms with Gasteiger partial charge in [-0.05, 0) is 74.0 Å². The molecule has 2 saturated carbocycles. The van der Waals surface area contributed by atoms with E-state index in [-0.39, 0.29) is 11.5 Å². The third-order valence-corrected chi connectivity index (χ3v) is 6.80. The molecular weight excluding hydrogens is 451 g/mol. The van der Waals surface area contributed by atoms with Crippen LogP contribution in [-0.2, 0) is 4.79 Å². The van der Waals surface area contributed by atoms with Gasteiger partial charge in [0.1, 0.15) is 23.4 Å². The third kappa shape index (κ3) is 5.11. The van der Waals surface area contributed by atoms with Crippen LogP contribution in [0.15, 0.2) is 24.4 Å². The lowest BCUT2D eigenvalue weighted by atomic mass is 10.0. The monoisotopic (exact) mass is 482 g/mol. The number of carboxylic acid groups (broad SMARTS) is 1. The molecule has 0 spiro atoms. The van der Waals surface area contributed by atoms with Gasteiger partial charge in [0.2, 0.25) is 5.88 Å². The summed E-state index contributed by atoms with van der Waals surface area (Å²) < 4.78 is 27.2. The predicted molar refractivity (Wildman–Crippen MR) is 127 cm³/mol. The second kappa shape index (κ2) is 9.47. The topological polar surface area (TPSA) is 89.0 Å². The number of nitrogens with zero attached hydrogens (tertiary/aromatic N) is 2. The van der Waals surface area contributed by atoms with Gasteiger partial charge in [-0.25, -0.2) is 14.2 Å². The molecule has 0 bridgehead atoms. The fraction of sp³-hybridized carbons (Fsp3) is 0.519. The highest BCUT2D eigenvalue weighted by Gasteiger charge is 2.37. The van der Waals surface area contributed by atoms with Gasteiger partial charge in [0.05, 0.1) is 18.4 Å². The number of benzene rings is 1. The van der Waals surface area contributed by atoms with Crippen molar-refractivity contribution in [2.24, 2.45) is 5.92 Å². The molecule has 1 saturated heterocycles. The molecule has 0 radical (unpaired) electrons. The summed E-state index contributed by atoms with van der Waals surface area (Å²) >= 11 is 0. The number of amides is 1. The van der Waals surface area contributed by atoms with Crippen molar-refractivity contribution in [1.29, 1.82) is 0 Å². The quantitative estimate of drug-likeness (QED) is 0.508. The molecule has 2 aliphatic carbocycles. The molecule has 7 nitrogen and oxygen atoms in total. The van der Waals surface area contributed by atoms with Gasteiger partial charge in [0, 0.05) is 18.2 Å². The summed E-state index contributed by atoms with van der Waals surface area (Å²) in [6, 6.07) is 3.82. The second-order valence-electron chi connectivity index (χ2n) is 10.3. The molecule has 3 aliphatic rings. The number of carbonyl (C=O) groups is 2. The molecule has 1 N–H and O–H groups in total. The Bertz CT molecular complexity index is 1140. The summed E-state index contributed by atoms with van der Waals surface area (Å²) in [6.07, 6.45) is 6.60. The minimum Gasteiger partial charge on any atom is -0.480 e. The fourth-order valence-corrected chi connectivity index (χ4v) is 4.64. The highest BCUT2D eigenvalue weighted by Crippen LogP contribution is 2.48. The van der Waals surface area contributed by atoms with Crippen LogP contribution in [0, 0.1) is 11.7 Å². The summed E-state index contributed by atoms with van der Waals surface area (Å²) in [6.45, 7) is 5.07. The SMILES string of the molecule is CC(C)COc1ncc(Oc2cc(F)c(C(=O)N3CCCC3C(=O)O)cc2C2CC2)cc1C1CC1. The van der Waals surface area contributed by atoms with Gasteiger partial charge in [-0.3, -0.25) is 4.79 Å². The van der Waals surface area contributed by atoms with Crippen molar-refractivity contribution < 1.29 is 28.6 Å². The van der Waals surface area contributed by atoms with Crippen LogP contribution in [0.3, 0.4) is 0 Å². The smallest absolute Gasteiger partial charge is 0.326 e. The minimum absolute atomic E-state index is 0.0957. The van der Waals surface area contributed by atoms with Crippen molar-refractivity contribution in [3.63, 3.8) is 0 Å². The number of hydrogen-bond acceptors (Lipinski definition) is 5. The number of halogens is 1. The van der Waals surface area contributed by atoms with Crippen LogP contribution in [-0.4, -0.2) is 46.1 Å². The lowest BCUT2D eigenvalue weighted by molar-refractivity contribution is -0.141. The maximum atomic E-state index is 15.2. The van der Waals surface area contributed by atoms with Crippen LogP contribution in [0.25, 0.3) is 0 Å². The average Bonchev–Trinajstić information content (AvgIpc) is 3.75. The van der Waals surface area contributed by atoms with E-state index < -0.39 is 23.7 Å². The number of pyridine rings is 1. The van der Waals surface area contributed by atoms with Gasteiger partial charge in [-0.15, -0.1) is 0 Å². The Balaban J connectivity index is 1.42. The van der Waals surface area contributed by atoms with Crippen molar-refractivity contribution in [3.8, 4) is 17.4 Å². The van der Waals surface area contributed by atoms with E-state index in [0.717, 1.165) is 36.8 Å². The van der Waals surface area contributed by atoms with E-state index in [9.17, 15) is 14.7 Å². The maximum absolute atomic E-state index is 15.2. The first kappa shape index (κ1) is 23.6. The van der Waals surface area contributed by atoms with Crippen LogP contribution < -0.4 is 9.47 Å². The molecule has 1 unspecified atom stereocenters. The molecule has 8 heteroatoms. The number of carbonyl (C=O) groups excluding carboxylic acids is 1. The Kier molecular flexibility index (Phi) is 6.38. The molecule has 1 amide bonds. The first-order chi connectivity index (χ1) is 16.8. The number of aliphatic carboxylic acids is 1. The fourth-order valence-electron chi connectivity index (χ4n) is 4.64. The van der Waals surface area contributed by atoms with E-state index in [1.165, 1.54) is 11.0 Å². The van der Waals surface area contributed by atoms with Crippen molar-refractivity contribution >= 4 is 11.9 Å². The molecule has 5 rings (SSSR count). The first-order valence-corrected chi connectivity index (χ1v) is 12.5. The van der Waals surface area contributed by atoms with E-state index in [2.05, 4.69) is 18.8 Å². The van der Waals surface area contributed by atoms with Crippen LogP contribution >= 0.6 is 0 Å². The lowest BCUT2D eigenvalue weighted by Gasteiger charge is -2.22. The van der Waals surface area contributed by atoms with Gasteiger partial charge in [-0.1, -0.05) is 13.8 Å². The lowest BCUT2D eigenvalue weighted by Crippen LogP contribution is -2.40. The van der Waals surface area contributed by atoms with E-state index in [4.69, 9.17) is 9.47 Å². The predicted octanol–water partition coefficient (Wildman–Crippen LogP) is 5.49.